The number of nitrogens with zero attached hydrogens (tertiary/aromatic N) is 1. The molecule has 2 rings (SSSR count). The zero-order valence-corrected chi connectivity index (χ0v) is 9.73. The third-order valence-electron chi connectivity index (χ3n) is 2.22. The highest BCUT2D eigenvalue weighted by atomic mass is 35.5. The van der Waals surface area contributed by atoms with Crippen molar-refractivity contribution in [1.29, 1.82) is 0 Å². The largest absolute Gasteiger partial charge is 0.282 e. The molecule has 4 heteroatoms. The van der Waals surface area contributed by atoms with Crippen LogP contribution in [0, 0.1) is 0 Å². The van der Waals surface area contributed by atoms with Crippen molar-refractivity contribution in [3.05, 3.63) is 40.0 Å². The third kappa shape index (κ3) is 2.16. The van der Waals surface area contributed by atoms with Crippen LogP contribution in [0.15, 0.2) is 24.3 Å². The minimum absolute atomic E-state index is 0.661. The van der Waals surface area contributed by atoms with Gasteiger partial charge in [-0.1, -0.05) is 30.1 Å². The third-order valence-corrected chi connectivity index (χ3v) is 2.78. The highest BCUT2D eigenvalue weighted by Crippen LogP contribution is 2.29. The van der Waals surface area contributed by atoms with Crippen molar-refractivity contribution in [3.63, 3.8) is 0 Å². The van der Waals surface area contributed by atoms with Crippen molar-refractivity contribution in [2.75, 3.05) is 0 Å². The Morgan fingerprint density at radius 1 is 1.27 bits per heavy atom. The maximum Gasteiger partial charge on any atom is 0.0939 e. The molecule has 2 aromatic rings. The number of aromatic nitrogens is 2. The van der Waals surface area contributed by atoms with Crippen LogP contribution in [0.4, 0.5) is 0 Å². The zero-order valence-electron chi connectivity index (χ0n) is 8.22. The lowest BCUT2D eigenvalue weighted by molar-refractivity contribution is 0.976. The van der Waals surface area contributed by atoms with Crippen LogP contribution >= 0.6 is 23.2 Å². The van der Waals surface area contributed by atoms with E-state index in [2.05, 4.69) is 17.1 Å². The van der Waals surface area contributed by atoms with Gasteiger partial charge in [0.15, 0.2) is 0 Å². The molecule has 0 aliphatic carbocycles. The first kappa shape index (κ1) is 10.5. The van der Waals surface area contributed by atoms with Gasteiger partial charge in [0, 0.05) is 16.3 Å². The number of nitrogens with one attached hydrogen (secondary N) is 1. The summed E-state index contributed by atoms with van der Waals surface area (Å²) in [6.07, 6.45) is 0.922. The molecule has 0 unspecified atom stereocenters. The maximum atomic E-state index is 6.07. The highest BCUT2D eigenvalue weighted by molar-refractivity contribution is 6.35. The fourth-order valence-corrected chi connectivity index (χ4v) is 1.76. The van der Waals surface area contributed by atoms with E-state index in [1.165, 1.54) is 0 Å². The Kier molecular flexibility index (Phi) is 2.98. The molecule has 0 aliphatic heterocycles. The maximum absolute atomic E-state index is 6.07. The Morgan fingerprint density at radius 2 is 2.07 bits per heavy atom. The average molecular weight is 241 g/mol. The van der Waals surface area contributed by atoms with Gasteiger partial charge in [-0.05, 0) is 30.7 Å². The minimum atomic E-state index is 0.661. The summed E-state index contributed by atoms with van der Waals surface area (Å²) in [7, 11) is 0. The molecule has 1 N–H and O–H groups in total. The quantitative estimate of drug-likeness (QED) is 0.847. The van der Waals surface area contributed by atoms with Gasteiger partial charge < -0.3 is 0 Å². The van der Waals surface area contributed by atoms with Crippen LogP contribution in [0.3, 0.4) is 0 Å². The van der Waals surface area contributed by atoms with Crippen molar-refractivity contribution >= 4 is 23.2 Å². The van der Waals surface area contributed by atoms with Crippen molar-refractivity contribution in [2.24, 2.45) is 0 Å². The van der Waals surface area contributed by atoms with Crippen LogP contribution in [-0.2, 0) is 6.42 Å². The first-order valence-corrected chi connectivity index (χ1v) is 5.46. The van der Waals surface area contributed by atoms with Crippen LogP contribution in [0.25, 0.3) is 11.3 Å². The van der Waals surface area contributed by atoms with E-state index in [4.69, 9.17) is 23.2 Å². The van der Waals surface area contributed by atoms with Crippen LogP contribution in [0.2, 0.25) is 10.0 Å². The van der Waals surface area contributed by atoms with Crippen LogP contribution < -0.4 is 0 Å². The normalized spacial score (nSPS) is 10.6. The second-order valence-corrected chi connectivity index (χ2v) is 4.10. The molecule has 0 fully saturated rings. The first-order chi connectivity index (χ1) is 7.20. The summed E-state index contributed by atoms with van der Waals surface area (Å²) in [6, 6.07) is 7.34. The molecule has 1 heterocycles. The standard InChI is InChI=1S/C11H10Cl2N2/c1-2-8-6-11(15-14-8)9-5-7(12)3-4-10(9)13/h3-6H,2H2,1H3,(H,14,15). The summed E-state index contributed by atoms with van der Waals surface area (Å²) in [5.74, 6) is 0. The van der Waals surface area contributed by atoms with Gasteiger partial charge in [0.25, 0.3) is 0 Å². The molecule has 0 aliphatic rings. The summed E-state index contributed by atoms with van der Waals surface area (Å²) in [4.78, 5) is 0. The van der Waals surface area contributed by atoms with Gasteiger partial charge in [-0.3, -0.25) is 5.10 Å². The van der Waals surface area contributed by atoms with Crippen molar-refractivity contribution in [2.45, 2.75) is 13.3 Å². The molecule has 0 saturated carbocycles. The lowest BCUT2D eigenvalue weighted by Crippen LogP contribution is -1.79. The molecule has 0 bridgehead atoms. The molecular weight excluding hydrogens is 231 g/mol. The number of hydrogen-bond donors (Lipinski definition) is 1. The second kappa shape index (κ2) is 4.25. The fourth-order valence-electron chi connectivity index (χ4n) is 1.37. The summed E-state index contributed by atoms with van der Waals surface area (Å²) in [5.41, 5.74) is 2.78. The number of aryl methyl sites for hydroxylation is 1. The van der Waals surface area contributed by atoms with Crippen LogP contribution in [0.5, 0.6) is 0 Å². The Labute approximate surface area is 98.2 Å². The van der Waals surface area contributed by atoms with E-state index in [9.17, 15) is 0 Å². The first-order valence-electron chi connectivity index (χ1n) is 4.70. The lowest BCUT2D eigenvalue weighted by atomic mass is 10.1. The molecule has 0 saturated heterocycles. The molecule has 1 aromatic carbocycles. The molecule has 0 spiro atoms. The second-order valence-electron chi connectivity index (χ2n) is 3.26. The Balaban J connectivity index is 2.48. The van der Waals surface area contributed by atoms with E-state index in [-0.39, 0.29) is 0 Å². The number of rotatable bonds is 2. The van der Waals surface area contributed by atoms with Gasteiger partial charge in [-0.15, -0.1) is 0 Å². The SMILES string of the molecule is CCc1cc(-c2cc(Cl)ccc2Cl)n[nH]1. The number of H-pyrrole nitrogens is 1. The van der Waals surface area contributed by atoms with E-state index < -0.39 is 0 Å². The minimum Gasteiger partial charge on any atom is -0.282 e. The van der Waals surface area contributed by atoms with Gasteiger partial charge in [0.2, 0.25) is 0 Å². The van der Waals surface area contributed by atoms with E-state index in [0.717, 1.165) is 23.4 Å². The van der Waals surface area contributed by atoms with E-state index in [0.29, 0.717) is 10.0 Å². The number of aromatic amines is 1. The molecule has 2 nitrogen and oxygen atoms in total. The van der Waals surface area contributed by atoms with Crippen molar-refractivity contribution < 1.29 is 0 Å². The molecule has 0 radical (unpaired) electrons. The van der Waals surface area contributed by atoms with Gasteiger partial charge in [0.1, 0.15) is 0 Å². The van der Waals surface area contributed by atoms with Crippen LogP contribution in [-0.4, -0.2) is 10.2 Å². The number of halogens is 2. The van der Waals surface area contributed by atoms with Crippen LogP contribution in [0.1, 0.15) is 12.6 Å². The molecular formula is C11H10Cl2N2. The number of hydrogen-bond acceptors (Lipinski definition) is 1. The summed E-state index contributed by atoms with van der Waals surface area (Å²) < 4.78 is 0. The summed E-state index contributed by atoms with van der Waals surface area (Å²) >= 11 is 12.0. The van der Waals surface area contributed by atoms with E-state index in [1.807, 2.05) is 12.1 Å². The molecule has 0 amide bonds. The monoisotopic (exact) mass is 240 g/mol. The molecule has 1 aromatic heterocycles. The topological polar surface area (TPSA) is 28.7 Å². The molecule has 15 heavy (non-hydrogen) atoms. The predicted octanol–water partition coefficient (Wildman–Crippen LogP) is 3.95. The van der Waals surface area contributed by atoms with Crippen molar-refractivity contribution in [3.8, 4) is 11.3 Å². The molecule has 78 valence electrons. The fraction of sp³-hybridized carbons (Fsp3) is 0.182. The Bertz CT molecular complexity index is 477. The smallest absolute Gasteiger partial charge is 0.0939 e. The predicted molar refractivity (Wildman–Crippen MR) is 63.4 cm³/mol. The van der Waals surface area contributed by atoms with Gasteiger partial charge in [-0.2, -0.15) is 5.10 Å². The van der Waals surface area contributed by atoms with E-state index >= 15 is 0 Å². The lowest BCUT2D eigenvalue weighted by Gasteiger charge is -2.00. The Hall–Kier alpha value is -0.990. The Morgan fingerprint density at radius 3 is 2.73 bits per heavy atom. The van der Waals surface area contributed by atoms with Crippen molar-refractivity contribution in [1.82, 2.24) is 10.2 Å². The zero-order chi connectivity index (χ0) is 10.8. The summed E-state index contributed by atoms with van der Waals surface area (Å²) in [6.45, 7) is 2.07. The average Bonchev–Trinajstić information content (AvgIpc) is 2.70. The number of benzene rings is 1. The van der Waals surface area contributed by atoms with Gasteiger partial charge in [0.05, 0.1) is 10.7 Å². The van der Waals surface area contributed by atoms with Gasteiger partial charge in [-0.25, -0.2) is 0 Å². The van der Waals surface area contributed by atoms with E-state index in [1.54, 1.807) is 12.1 Å². The summed E-state index contributed by atoms with van der Waals surface area (Å²) in [5, 5.41) is 8.46. The van der Waals surface area contributed by atoms with Gasteiger partial charge >= 0.3 is 0 Å². The molecule has 0 atom stereocenters. The highest BCUT2D eigenvalue weighted by Gasteiger charge is 2.07.